The number of amides is 1. The molecule has 0 rings (SSSR count). The highest BCUT2D eigenvalue weighted by Gasteiger charge is 2.19. The van der Waals surface area contributed by atoms with E-state index in [0.717, 1.165) is 31.7 Å². The predicted octanol–water partition coefficient (Wildman–Crippen LogP) is 3.85. The summed E-state index contributed by atoms with van der Waals surface area (Å²) in [6.07, 6.45) is 4.12. The number of rotatable bonds is 42. The zero-order chi connectivity index (χ0) is 38.1. The summed E-state index contributed by atoms with van der Waals surface area (Å²) in [6.45, 7) is 18.3. The molecule has 0 fully saturated rings. The van der Waals surface area contributed by atoms with Crippen molar-refractivity contribution < 1.29 is 66.4 Å². The molecule has 0 aromatic carbocycles. The second kappa shape index (κ2) is 41.2. The van der Waals surface area contributed by atoms with Gasteiger partial charge in [0.25, 0.3) is 0 Å². The van der Waals surface area contributed by atoms with Crippen LogP contribution in [0.4, 0.5) is 4.79 Å². The summed E-state index contributed by atoms with van der Waals surface area (Å²) >= 11 is 5.66. The van der Waals surface area contributed by atoms with Crippen molar-refractivity contribution in [3.8, 4) is 0 Å². The van der Waals surface area contributed by atoms with E-state index in [0.29, 0.717) is 159 Å². The van der Waals surface area contributed by atoms with Gasteiger partial charge in [0.1, 0.15) is 5.60 Å². The van der Waals surface area contributed by atoms with Crippen molar-refractivity contribution in [3.63, 3.8) is 0 Å². The Bertz CT molecular complexity index is 723. The van der Waals surface area contributed by atoms with Crippen LogP contribution in [0, 0.1) is 0 Å². The van der Waals surface area contributed by atoms with E-state index in [-0.39, 0.29) is 6.09 Å². The third-order valence-electron chi connectivity index (χ3n) is 6.54. The lowest BCUT2D eigenvalue weighted by Crippen LogP contribution is -2.36. The maximum Gasteiger partial charge on any atom is 0.410 e. The Labute approximate surface area is 318 Å². The number of carbonyl (C=O) groups excluding carboxylic acids is 1. The fourth-order valence-corrected chi connectivity index (χ4v) is 3.99. The molecule has 0 heterocycles. The maximum atomic E-state index is 11.9. The van der Waals surface area contributed by atoms with Gasteiger partial charge in [0.15, 0.2) is 0 Å². The molecular formula is C36H72ClNO14. The summed E-state index contributed by atoms with van der Waals surface area (Å²) in [5, 5.41) is 0. The molecule has 0 unspecified atom stereocenters. The zero-order valence-corrected chi connectivity index (χ0v) is 33.5. The van der Waals surface area contributed by atoms with Crippen LogP contribution in [0.25, 0.3) is 0 Å². The van der Waals surface area contributed by atoms with Crippen LogP contribution in [0.3, 0.4) is 0 Å². The van der Waals surface area contributed by atoms with Crippen molar-refractivity contribution in [1.29, 1.82) is 0 Å². The van der Waals surface area contributed by atoms with Gasteiger partial charge in [-0.25, -0.2) is 4.79 Å². The molecule has 15 nitrogen and oxygen atoms in total. The lowest BCUT2D eigenvalue weighted by molar-refractivity contribution is -0.0285. The van der Waals surface area contributed by atoms with Gasteiger partial charge in [-0.1, -0.05) is 12.8 Å². The van der Waals surface area contributed by atoms with Gasteiger partial charge in [0.05, 0.1) is 152 Å². The van der Waals surface area contributed by atoms with Gasteiger partial charge in [-0.05, 0) is 33.6 Å². The lowest BCUT2D eigenvalue weighted by atomic mass is 10.2. The van der Waals surface area contributed by atoms with Crippen LogP contribution in [0.15, 0.2) is 0 Å². The number of halogens is 1. The molecule has 0 saturated heterocycles. The minimum atomic E-state index is -0.511. The summed E-state index contributed by atoms with van der Waals surface area (Å²) in [4.78, 5) is 13.4. The molecule has 52 heavy (non-hydrogen) atoms. The fraction of sp³-hybridized carbons (Fsp3) is 0.972. The Balaban J connectivity index is 3.13. The molecule has 0 aliphatic carbocycles. The number of carbonyl (C=O) groups is 1. The van der Waals surface area contributed by atoms with Gasteiger partial charge in [-0.15, -0.1) is 11.6 Å². The largest absolute Gasteiger partial charge is 0.444 e. The van der Waals surface area contributed by atoms with E-state index in [2.05, 4.69) is 0 Å². The summed E-state index contributed by atoms with van der Waals surface area (Å²) in [6, 6.07) is 0. The highest BCUT2D eigenvalue weighted by Crippen LogP contribution is 2.08. The van der Waals surface area contributed by atoms with Gasteiger partial charge in [-0.2, -0.15) is 0 Å². The maximum absolute atomic E-state index is 11.9. The van der Waals surface area contributed by atoms with Gasteiger partial charge in [-0.3, -0.25) is 0 Å². The minimum Gasteiger partial charge on any atom is -0.444 e. The molecule has 312 valence electrons. The second-order valence-corrected chi connectivity index (χ2v) is 12.7. The monoisotopic (exact) mass is 777 g/mol. The highest BCUT2D eigenvalue weighted by molar-refractivity contribution is 6.17. The molecule has 0 aromatic heterocycles. The van der Waals surface area contributed by atoms with Crippen LogP contribution in [0.1, 0.15) is 46.5 Å². The molecule has 0 spiro atoms. The fourth-order valence-electron chi connectivity index (χ4n) is 3.81. The molecule has 0 aliphatic rings. The number of likely N-dealkylation sites (N-methyl/N-ethyl adjacent to an activating group) is 1. The Morgan fingerprint density at radius 2 is 0.654 bits per heavy atom. The SMILES string of the molecule is CN(CCOCCOCCOCCOCCOCCOCCOCCOCCOCCOCCOCCOCCCCCCCl)C(=O)OC(C)(C)C. The zero-order valence-electron chi connectivity index (χ0n) is 32.8. The van der Waals surface area contributed by atoms with E-state index in [1.807, 2.05) is 20.8 Å². The van der Waals surface area contributed by atoms with Crippen molar-refractivity contribution in [3.05, 3.63) is 0 Å². The summed E-state index contributed by atoms with van der Waals surface area (Å²) in [5.74, 6) is 0.740. The van der Waals surface area contributed by atoms with Crippen molar-refractivity contribution in [2.45, 2.75) is 52.1 Å². The van der Waals surface area contributed by atoms with Crippen molar-refractivity contribution in [2.75, 3.05) is 178 Å². The first-order valence-electron chi connectivity index (χ1n) is 18.8. The predicted molar refractivity (Wildman–Crippen MR) is 198 cm³/mol. The quantitative estimate of drug-likeness (QED) is 0.0655. The normalized spacial score (nSPS) is 11.8. The molecule has 0 bridgehead atoms. The van der Waals surface area contributed by atoms with Crippen LogP contribution in [-0.2, 0) is 61.6 Å². The van der Waals surface area contributed by atoms with Gasteiger partial charge in [0.2, 0.25) is 0 Å². The van der Waals surface area contributed by atoms with Crippen LogP contribution < -0.4 is 0 Å². The van der Waals surface area contributed by atoms with Gasteiger partial charge in [0, 0.05) is 26.1 Å². The number of hydrogen-bond acceptors (Lipinski definition) is 14. The second-order valence-electron chi connectivity index (χ2n) is 12.4. The Kier molecular flexibility index (Phi) is 40.5. The van der Waals surface area contributed by atoms with Crippen LogP contribution in [-0.4, -0.2) is 195 Å². The lowest BCUT2D eigenvalue weighted by Gasteiger charge is -2.24. The minimum absolute atomic E-state index is 0.365. The van der Waals surface area contributed by atoms with Gasteiger partial charge >= 0.3 is 6.09 Å². The van der Waals surface area contributed by atoms with Crippen LogP contribution >= 0.6 is 11.6 Å². The van der Waals surface area contributed by atoms with Crippen molar-refractivity contribution in [2.24, 2.45) is 0 Å². The molecule has 0 atom stereocenters. The van der Waals surface area contributed by atoms with E-state index in [1.165, 1.54) is 11.3 Å². The number of hydrogen-bond donors (Lipinski definition) is 0. The standard InChI is InChI=1S/C36H72ClNO14/c1-36(2,3)52-35(39)38(4)10-12-41-14-16-43-18-20-45-22-24-47-26-28-49-30-32-51-34-33-50-31-29-48-27-25-46-23-21-44-19-17-42-15-13-40-11-8-6-5-7-9-37/h5-34H2,1-4H3. The van der Waals surface area contributed by atoms with E-state index < -0.39 is 5.60 Å². The molecular weight excluding hydrogens is 706 g/mol. The first-order valence-corrected chi connectivity index (χ1v) is 19.3. The average molecular weight is 778 g/mol. The summed E-state index contributed by atoms with van der Waals surface area (Å²) < 4.78 is 71.2. The molecule has 0 N–H and O–H groups in total. The highest BCUT2D eigenvalue weighted by atomic mass is 35.5. The Hall–Kier alpha value is -0.920. The Morgan fingerprint density at radius 1 is 0.404 bits per heavy atom. The summed E-state index contributed by atoms with van der Waals surface area (Å²) in [5.41, 5.74) is -0.511. The average Bonchev–Trinajstić information content (AvgIpc) is 3.11. The van der Waals surface area contributed by atoms with Gasteiger partial charge < -0.3 is 66.5 Å². The molecule has 16 heteroatoms. The van der Waals surface area contributed by atoms with Crippen molar-refractivity contribution >= 4 is 17.7 Å². The number of ether oxygens (including phenoxy) is 13. The first kappa shape index (κ1) is 51.1. The number of nitrogens with zero attached hydrogens (tertiary/aromatic N) is 1. The third kappa shape index (κ3) is 43.5. The molecule has 0 saturated carbocycles. The molecule has 0 radical (unpaired) electrons. The Morgan fingerprint density at radius 3 is 0.923 bits per heavy atom. The van der Waals surface area contributed by atoms with E-state index in [4.69, 9.17) is 73.2 Å². The molecule has 0 aromatic rings. The van der Waals surface area contributed by atoms with Crippen LogP contribution in [0.2, 0.25) is 0 Å². The third-order valence-corrected chi connectivity index (χ3v) is 6.81. The number of unbranched alkanes of at least 4 members (excludes halogenated alkanes) is 3. The van der Waals surface area contributed by atoms with Crippen LogP contribution in [0.5, 0.6) is 0 Å². The summed E-state index contributed by atoms with van der Waals surface area (Å²) in [7, 11) is 1.68. The van der Waals surface area contributed by atoms with E-state index >= 15 is 0 Å². The smallest absolute Gasteiger partial charge is 0.410 e. The van der Waals surface area contributed by atoms with Crippen molar-refractivity contribution in [1.82, 2.24) is 4.90 Å². The molecule has 1 amide bonds. The van der Waals surface area contributed by atoms with E-state index in [1.54, 1.807) is 7.05 Å². The topological polar surface area (TPSA) is 140 Å². The number of alkyl halides is 1. The van der Waals surface area contributed by atoms with E-state index in [9.17, 15) is 4.79 Å². The first-order chi connectivity index (χ1) is 25.4. The molecule has 0 aliphatic heterocycles.